The molecule has 0 saturated heterocycles. The molecule has 3 unspecified atom stereocenters. The second-order valence-corrected chi connectivity index (χ2v) is 9.80. The van der Waals surface area contributed by atoms with Crippen LogP contribution in [0.15, 0.2) is 0 Å². The molecular weight excluding hydrogens is 348 g/mol. The van der Waals surface area contributed by atoms with Gasteiger partial charge in [-0.25, -0.2) is 0 Å². The van der Waals surface area contributed by atoms with Gasteiger partial charge in [-0.3, -0.25) is 0 Å². The van der Waals surface area contributed by atoms with Gasteiger partial charge in [0.25, 0.3) is 0 Å². The molecule has 0 aromatic rings. The number of rotatable bonds is 20. The molecule has 0 heteroatoms. The van der Waals surface area contributed by atoms with Crippen LogP contribution in [0.2, 0.25) is 0 Å². The van der Waals surface area contributed by atoms with E-state index in [0.717, 1.165) is 43.4 Å². The summed E-state index contributed by atoms with van der Waals surface area (Å²) in [6.07, 6.45) is 24.9. The van der Waals surface area contributed by atoms with Crippen molar-refractivity contribution in [3.05, 3.63) is 13.8 Å². The van der Waals surface area contributed by atoms with Crippen molar-refractivity contribution >= 4 is 0 Å². The quantitative estimate of drug-likeness (QED) is 0.140. The number of hydrogen-bond acceptors (Lipinski definition) is 0. The van der Waals surface area contributed by atoms with E-state index in [0.29, 0.717) is 0 Å². The normalized spacial score (nSPS) is 14.2. The molecule has 29 heavy (non-hydrogen) atoms. The molecular formula is C29H54. The zero-order valence-electron chi connectivity index (χ0n) is 20.6. The molecule has 0 aliphatic carbocycles. The van der Waals surface area contributed by atoms with Crippen molar-refractivity contribution in [3.63, 3.8) is 0 Å². The fraction of sp³-hybridized carbons (Fsp3) is 0.862. The largest absolute Gasteiger partial charge is 0.103 e. The zero-order valence-corrected chi connectivity index (χ0v) is 20.6. The predicted octanol–water partition coefficient (Wildman–Crippen LogP) is 9.98. The van der Waals surface area contributed by atoms with Gasteiger partial charge in [0, 0.05) is 12.8 Å². The van der Waals surface area contributed by atoms with Gasteiger partial charge in [0.15, 0.2) is 0 Å². The standard InChI is InChI=1S/C29H54/c1-6-8-10-12-13-15-19-22-27(3)23-20-16-14-17-21-25-29(5)26-28(4)24-18-11-9-7-2/h27-29H,1-2,6-13,15,17-26H2,3-5H3. The van der Waals surface area contributed by atoms with Crippen LogP contribution in [0.25, 0.3) is 0 Å². The molecule has 0 bridgehead atoms. The molecule has 0 rings (SSSR count). The Labute approximate surface area is 186 Å². The van der Waals surface area contributed by atoms with Gasteiger partial charge in [0.2, 0.25) is 0 Å². The first-order valence-electron chi connectivity index (χ1n) is 13.1. The highest BCUT2D eigenvalue weighted by Crippen LogP contribution is 2.22. The topological polar surface area (TPSA) is 0 Å². The Bertz CT molecular complexity index is 371. The van der Waals surface area contributed by atoms with Gasteiger partial charge in [-0.15, -0.1) is 11.8 Å². The minimum atomic E-state index is 0.847. The molecule has 0 spiro atoms. The van der Waals surface area contributed by atoms with Gasteiger partial charge < -0.3 is 0 Å². The lowest BCUT2D eigenvalue weighted by Gasteiger charge is -2.16. The van der Waals surface area contributed by atoms with Crippen molar-refractivity contribution in [3.8, 4) is 11.8 Å². The molecule has 0 nitrogen and oxygen atoms in total. The molecule has 0 aliphatic rings. The fourth-order valence-electron chi connectivity index (χ4n) is 4.32. The van der Waals surface area contributed by atoms with Crippen LogP contribution in [0.5, 0.6) is 0 Å². The van der Waals surface area contributed by atoms with Gasteiger partial charge in [-0.05, 0) is 43.4 Å². The van der Waals surface area contributed by atoms with Gasteiger partial charge in [0.05, 0.1) is 0 Å². The smallest absolute Gasteiger partial charge is 0.00912 e. The first kappa shape index (κ1) is 28.6. The van der Waals surface area contributed by atoms with Gasteiger partial charge >= 0.3 is 0 Å². The Morgan fingerprint density at radius 3 is 1.55 bits per heavy atom. The first-order valence-corrected chi connectivity index (χ1v) is 13.1. The van der Waals surface area contributed by atoms with Crippen molar-refractivity contribution in [2.45, 2.75) is 143 Å². The van der Waals surface area contributed by atoms with Crippen LogP contribution in [-0.4, -0.2) is 0 Å². The summed E-state index contributed by atoms with van der Waals surface area (Å²) < 4.78 is 0. The third-order valence-corrected chi connectivity index (χ3v) is 6.33. The minimum Gasteiger partial charge on any atom is -0.103 e. The highest BCUT2D eigenvalue weighted by atomic mass is 14.1. The van der Waals surface area contributed by atoms with E-state index < -0.39 is 0 Å². The summed E-state index contributed by atoms with van der Waals surface area (Å²) in [5.41, 5.74) is 0. The molecule has 0 aromatic carbocycles. The van der Waals surface area contributed by atoms with E-state index in [9.17, 15) is 0 Å². The summed E-state index contributed by atoms with van der Waals surface area (Å²) in [6, 6.07) is 0. The molecule has 0 aliphatic heterocycles. The lowest BCUT2D eigenvalue weighted by Crippen LogP contribution is -2.03. The lowest BCUT2D eigenvalue weighted by molar-refractivity contribution is 0.363. The number of unbranched alkanes of at least 4 members (excludes halogenated alkanes) is 10. The Hall–Kier alpha value is -0.440. The summed E-state index contributed by atoms with van der Waals surface area (Å²) in [6.45, 7) is 15.1. The average Bonchev–Trinajstić information content (AvgIpc) is 2.69. The maximum Gasteiger partial charge on any atom is 0.00912 e. The van der Waals surface area contributed by atoms with E-state index in [2.05, 4.69) is 46.5 Å². The summed E-state index contributed by atoms with van der Waals surface area (Å²) in [5, 5.41) is 0. The molecule has 0 saturated carbocycles. The fourth-order valence-corrected chi connectivity index (χ4v) is 4.32. The molecule has 0 heterocycles. The highest BCUT2D eigenvalue weighted by molar-refractivity contribution is 4.98. The molecule has 0 amide bonds. The van der Waals surface area contributed by atoms with E-state index in [1.807, 2.05) is 0 Å². The second-order valence-electron chi connectivity index (χ2n) is 9.80. The van der Waals surface area contributed by atoms with Crippen molar-refractivity contribution in [2.24, 2.45) is 17.8 Å². The lowest BCUT2D eigenvalue weighted by atomic mass is 9.90. The molecule has 170 valence electrons. The maximum absolute atomic E-state index is 3.93. The first-order chi connectivity index (χ1) is 14.1. The third kappa shape index (κ3) is 22.1. The van der Waals surface area contributed by atoms with E-state index >= 15 is 0 Å². The maximum atomic E-state index is 3.93. The van der Waals surface area contributed by atoms with Crippen LogP contribution < -0.4 is 0 Å². The third-order valence-electron chi connectivity index (χ3n) is 6.33. The summed E-state index contributed by atoms with van der Waals surface area (Å²) in [5.74, 6) is 9.46. The SMILES string of the molecule is [CH2]CCCCCCCCC(C)CCC#CCCCC(C)CC(C)CCCCC[CH2]. The molecule has 3 atom stereocenters. The summed E-state index contributed by atoms with van der Waals surface area (Å²) in [4.78, 5) is 0. The van der Waals surface area contributed by atoms with Crippen LogP contribution in [0.3, 0.4) is 0 Å². The van der Waals surface area contributed by atoms with Crippen molar-refractivity contribution in [1.82, 2.24) is 0 Å². The van der Waals surface area contributed by atoms with E-state index in [1.165, 1.54) is 96.3 Å². The van der Waals surface area contributed by atoms with E-state index in [4.69, 9.17) is 0 Å². The summed E-state index contributed by atoms with van der Waals surface area (Å²) in [7, 11) is 0. The van der Waals surface area contributed by atoms with Crippen molar-refractivity contribution in [1.29, 1.82) is 0 Å². The van der Waals surface area contributed by atoms with Gasteiger partial charge in [-0.2, -0.15) is 0 Å². The Balaban J connectivity index is 3.51. The van der Waals surface area contributed by atoms with E-state index in [-0.39, 0.29) is 0 Å². The Kier molecular flexibility index (Phi) is 21.9. The minimum absolute atomic E-state index is 0.847. The van der Waals surface area contributed by atoms with Crippen LogP contribution in [0, 0.1) is 43.4 Å². The van der Waals surface area contributed by atoms with Crippen LogP contribution in [0.4, 0.5) is 0 Å². The Morgan fingerprint density at radius 2 is 0.931 bits per heavy atom. The molecule has 0 aromatic heterocycles. The highest BCUT2D eigenvalue weighted by Gasteiger charge is 2.08. The molecule has 0 fully saturated rings. The molecule has 0 N–H and O–H groups in total. The molecule has 2 radical (unpaired) electrons. The van der Waals surface area contributed by atoms with Crippen LogP contribution >= 0.6 is 0 Å². The van der Waals surface area contributed by atoms with Gasteiger partial charge in [0.1, 0.15) is 0 Å². The van der Waals surface area contributed by atoms with Crippen LogP contribution in [-0.2, 0) is 0 Å². The monoisotopic (exact) mass is 402 g/mol. The van der Waals surface area contributed by atoms with Gasteiger partial charge in [-0.1, -0.05) is 118 Å². The average molecular weight is 403 g/mol. The van der Waals surface area contributed by atoms with E-state index in [1.54, 1.807) is 0 Å². The summed E-state index contributed by atoms with van der Waals surface area (Å²) >= 11 is 0. The number of hydrogen-bond donors (Lipinski definition) is 0. The second kappa shape index (κ2) is 22.2. The zero-order chi connectivity index (χ0) is 21.6. The van der Waals surface area contributed by atoms with Crippen LogP contribution in [0.1, 0.15) is 143 Å². The van der Waals surface area contributed by atoms with Crippen molar-refractivity contribution < 1.29 is 0 Å². The van der Waals surface area contributed by atoms with Crippen molar-refractivity contribution in [2.75, 3.05) is 0 Å². The predicted molar refractivity (Wildman–Crippen MR) is 134 cm³/mol. The Morgan fingerprint density at radius 1 is 0.483 bits per heavy atom.